The summed E-state index contributed by atoms with van der Waals surface area (Å²) in [5, 5.41) is 4.66. The topological polar surface area (TPSA) is 95.6 Å². The van der Waals surface area contributed by atoms with Gasteiger partial charge in [0, 0.05) is 48.8 Å². The number of ether oxygens (including phenoxy) is 1. The number of halogens is 1. The molecule has 1 unspecified atom stereocenters. The van der Waals surface area contributed by atoms with Crippen LogP contribution >= 0.6 is 0 Å². The molecule has 5 heterocycles. The summed E-state index contributed by atoms with van der Waals surface area (Å²) in [5.74, 6) is 1.01. The molecule has 1 fully saturated rings. The zero-order valence-corrected chi connectivity index (χ0v) is 18.1. The number of hydrogen-bond acceptors (Lipinski definition) is 6. The van der Waals surface area contributed by atoms with E-state index in [-0.39, 0.29) is 11.8 Å². The molecular weight excluding hydrogens is 421 g/mol. The van der Waals surface area contributed by atoms with Crippen LogP contribution in [0.15, 0.2) is 48.8 Å². The van der Waals surface area contributed by atoms with E-state index in [1.54, 1.807) is 16.6 Å². The molecule has 0 aliphatic carbocycles. The SMILES string of the molecule is Cc1cnc2ccc(-c3c(-c4ccc(F)cc4)nc(N)n4nc(CC5CCOC5)nc34)cn12. The van der Waals surface area contributed by atoms with Crippen LogP contribution in [0.1, 0.15) is 17.9 Å². The summed E-state index contributed by atoms with van der Waals surface area (Å²) in [7, 11) is 0. The number of fused-ring (bicyclic) bond motifs is 2. The van der Waals surface area contributed by atoms with Crippen molar-refractivity contribution in [2.75, 3.05) is 18.9 Å². The smallest absolute Gasteiger partial charge is 0.223 e. The van der Waals surface area contributed by atoms with Crippen molar-refractivity contribution < 1.29 is 9.13 Å². The number of aromatic nitrogens is 6. The van der Waals surface area contributed by atoms with Crippen molar-refractivity contribution in [2.24, 2.45) is 5.92 Å². The number of nitrogens with zero attached hydrogens (tertiary/aromatic N) is 6. The van der Waals surface area contributed by atoms with Gasteiger partial charge in [-0.2, -0.15) is 4.52 Å². The van der Waals surface area contributed by atoms with Crippen molar-refractivity contribution in [1.82, 2.24) is 29.0 Å². The van der Waals surface area contributed by atoms with Gasteiger partial charge < -0.3 is 14.9 Å². The normalized spacial score (nSPS) is 16.2. The van der Waals surface area contributed by atoms with Gasteiger partial charge in [0.25, 0.3) is 0 Å². The van der Waals surface area contributed by atoms with E-state index in [1.165, 1.54) is 12.1 Å². The first-order valence-electron chi connectivity index (χ1n) is 10.9. The Labute approximate surface area is 188 Å². The maximum absolute atomic E-state index is 13.6. The van der Waals surface area contributed by atoms with Gasteiger partial charge in [-0.15, -0.1) is 5.10 Å². The molecule has 0 saturated carbocycles. The molecule has 1 atom stereocenters. The van der Waals surface area contributed by atoms with Crippen LogP contribution in [-0.4, -0.2) is 42.2 Å². The predicted molar refractivity (Wildman–Crippen MR) is 122 cm³/mol. The molecule has 1 aliphatic heterocycles. The van der Waals surface area contributed by atoms with Crippen LogP contribution in [0.5, 0.6) is 0 Å². The third-order valence-electron chi connectivity index (χ3n) is 6.15. The Morgan fingerprint density at radius 3 is 2.73 bits per heavy atom. The van der Waals surface area contributed by atoms with Crippen LogP contribution in [0.25, 0.3) is 33.7 Å². The maximum Gasteiger partial charge on any atom is 0.223 e. The van der Waals surface area contributed by atoms with E-state index in [0.717, 1.165) is 41.1 Å². The van der Waals surface area contributed by atoms with Crippen LogP contribution in [0, 0.1) is 18.7 Å². The maximum atomic E-state index is 13.6. The Bertz CT molecular complexity index is 1480. The molecule has 0 amide bonds. The van der Waals surface area contributed by atoms with Gasteiger partial charge in [-0.1, -0.05) is 0 Å². The lowest BCUT2D eigenvalue weighted by molar-refractivity contribution is 0.185. The number of imidazole rings is 1. The van der Waals surface area contributed by atoms with E-state index in [0.29, 0.717) is 36.1 Å². The van der Waals surface area contributed by atoms with Gasteiger partial charge in [-0.25, -0.2) is 19.3 Å². The summed E-state index contributed by atoms with van der Waals surface area (Å²) in [6, 6.07) is 10.2. The second-order valence-corrected chi connectivity index (χ2v) is 8.44. The van der Waals surface area contributed by atoms with E-state index in [1.807, 2.05) is 35.9 Å². The zero-order chi connectivity index (χ0) is 22.5. The highest BCUT2D eigenvalue weighted by Crippen LogP contribution is 2.35. The molecule has 5 aromatic rings. The van der Waals surface area contributed by atoms with Crippen molar-refractivity contribution >= 4 is 17.2 Å². The van der Waals surface area contributed by atoms with Gasteiger partial charge in [-0.3, -0.25) is 0 Å². The van der Waals surface area contributed by atoms with E-state index in [9.17, 15) is 4.39 Å². The lowest BCUT2D eigenvalue weighted by Crippen LogP contribution is -2.07. The molecule has 166 valence electrons. The molecule has 1 saturated heterocycles. The van der Waals surface area contributed by atoms with Crippen molar-refractivity contribution in [3.05, 3.63) is 66.1 Å². The number of rotatable bonds is 4. The first-order chi connectivity index (χ1) is 16.1. The van der Waals surface area contributed by atoms with E-state index < -0.39 is 0 Å². The average Bonchev–Trinajstić information content (AvgIpc) is 3.56. The van der Waals surface area contributed by atoms with Crippen LogP contribution in [0.2, 0.25) is 0 Å². The lowest BCUT2D eigenvalue weighted by atomic mass is 10.0. The molecule has 1 aliphatic rings. The summed E-state index contributed by atoms with van der Waals surface area (Å²) in [5.41, 5.74) is 11.9. The minimum atomic E-state index is -0.312. The fraction of sp³-hybridized carbons (Fsp3) is 0.250. The van der Waals surface area contributed by atoms with E-state index >= 15 is 0 Å². The predicted octanol–water partition coefficient (Wildman–Crippen LogP) is 3.71. The summed E-state index contributed by atoms with van der Waals surface area (Å²) in [4.78, 5) is 14.0. The quantitative estimate of drug-likeness (QED) is 0.455. The van der Waals surface area contributed by atoms with Crippen molar-refractivity contribution in [1.29, 1.82) is 0 Å². The summed E-state index contributed by atoms with van der Waals surface area (Å²) in [6.07, 6.45) is 5.55. The summed E-state index contributed by atoms with van der Waals surface area (Å²) >= 11 is 0. The van der Waals surface area contributed by atoms with Gasteiger partial charge in [0.1, 0.15) is 11.5 Å². The minimum absolute atomic E-state index is 0.231. The standard InChI is InChI=1S/C24H22FN7O/c1-14-11-27-20-7-4-17(12-31(14)20)21-22(16-2-5-18(25)6-3-16)29-24(26)32-23(21)28-19(30-32)10-15-8-9-33-13-15/h2-7,11-12,15H,8-10,13H2,1H3,(H2,26,29). The molecule has 0 bridgehead atoms. The first-order valence-corrected chi connectivity index (χ1v) is 10.9. The Balaban J connectivity index is 1.60. The fourth-order valence-electron chi connectivity index (χ4n) is 4.42. The number of benzene rings is 1. The molecule has 4 aromatic heterocycles. The Hall–Kier alpha value is -3.85. The highest BCUT2D eigenvalue weighted by atomic mass is 19.1. The van der Waals surface area contributed by atoms with Gasteiger partial charge in [-0.05, 0) is 55.7 Å². The average molecular weight is 443 g/mol. The fourth-order valence-corrected chi connectivity index (χ4v) is 4.42. The van der Waals surface area contributed by atoms with Crippen molar-refractivity contribution in [3.63, 3.8) is 0 Å². The second kappa shape index (κ2) is 7.63. The van der Waals surface area contributed by atoms with Crippen LogP contribution in [0.4, 0.5) is 10.3 Å². The Morgan fingerprint density at radius 1 is 1.12 bits per heavy atom. The van der Waals surface area contributed by atoms with Crippen LogP contribution < -0.4 is 5.73 Å². The zero-order valence-electron chi connectivity index (χ0n) is 18.1. The first kappa shape index (κ1) is 19.8. The number of aryl methyl sites for hydroxylation is 1. The van der Waals surface area contributed by atoms with Crippen LogP contribution in [0.3, 0.4) is 0 Å². The molecule has 33 heavy (non-hydrogen) atoms. The molecule has 2 N–H and O–H groups in total. The highest BCUT2D eigenvalue weighted by molar-refractivity contribution is 5.90. The molecular formula is C24H22FN7O. The Kier molecular flexibility index (Phi) is 4.58. The minimum Gasteiger partial charge on any atom is -0.381 e. The molecule has 1 aromatic carbocycles. The lowest BCUT2D eigenvalue weighted by Gasteiger charge is -2.12. The monoisotopic (exact) mass is 443 g/mol. The van der Waals surface area contributed by atoms with Gasteiger partial charge in [0.05, 0.1) is 11.3 Å². The van der Waals surface area contributed by atoms with Gasteiger partial charge >= 0.3 is 0 Å². The molecule has 0 radical (unpaired) electrons. The van der Waals surface area contributed by atoms with Crippen LogP contribution in [-0.2, 0) is 11.2 Å². The Morgan fingerprint density at radius 2 is 1.94 bits per heavy atom. The van der Waals surface area contributed by atoms with E-state index in [4.69, 9.17) is 15.5 Å². The van der Waals surface area contributed by atoms with E-state index in [2.05, 4.69) is 15.1 Å². The molecule has 0 spiro atoms. The number of anilines is 1. The third-order valence-corrected chi connectivity index (χ3v) is 6.15. The number of nitrogens with two attached hydrogens (primary N) is 1. The van der Waals surface area contributed by atoms with Crippen molar-refractivity contribution in [2.45, 2.75) is 19.8 Å². The van der Waals surface area contributed by atoms with Gasteiger partial charge in [0.15, 0.2) is 11.5 Å². The molecule has 6 rings (SSSR count). The second-order valence-electron chi connectivity index (χ2n) is 8.44. The molecule has 8 nitrogen and oxygen atoms in total. The summed E-state index contributed by atoms with van der Waals surface area (Å²) < 4.78 is 22.8. The van der Waals surface area contributed by atoms with Crippen molar-refractivity contribution in [3.8, 4) is 22.4 Å². The van der Waals surface area contributed by atoms with Gasteiger partial charge in [0.2, 0.25) is 5.95 Å². The number of nitrogen functional groups attached to an aromatic ring is 1. The molecule has 9 heteroatoms. The summed E-state index contributed by atoms with van der Waals surface area (Å²) in [6.45, 7) is 3.49. The highest BCUT2D eigenvalue weighted by Gasteiger charge is 2.23. The number of pyridine rings is 1. The number of hydrogen-bond donors (Lipinski definition) is 1. The largest absolute Gasteiger partial charge is 0.381 e. The third kappa shape index (κ3) is 3.41.